The van der Waals surface area contributed by atoms with E-state index in [0.717, 1.165) is 64.6 Å². The number of esters is 1. The van der Waals surface area contributed by atoms with E-state index in [1.165, 1.54) is 0 Å². The van der Waals surface area contributed by atoms with Crippen LogP contribution in [-0.2, 0) is 26.4 Å². The minimum Gasteiger partial charge on any atom is -0.464 e. The van der Waals surface area contributed by atoms with E-state index >= 15 is 0 Å². The predicted octanol–water partition coefficient (Wildman–Crippen LogP) is 8.79. The summed E-state index contributed by atoms with van der Waals surface area (Å²) in [7, 11) is 0. The fourth-order valence-electron chi connectivity index (χ4n) is 7.63. The molecule has 11 nitrogen and oxygen atoms in total. The second kappa shape index (κ2) is 21.4. The molecule has 0 aliphatic carbocycles. The average Bonchev–Trinajstić information content (AvgIpc) is 3.78. The Hall–Kier alpha value is -6.62. The van der Waals surface area contributed by atoms with Gasteiger partial charge >= 0.3 is 12.0 Å². The van der Waals surface area contributed by atoms with Gasteiger partial charge < -0.3 is 20.3 Å². The molecule has 6 rings (SSSR count). The molecule has 0 bridgehead atoms. The number of carbonyl (C=O) groups excluding carboxylic acids is 3. The molecule has 0 aliphatic heterocycles. The Labute approximate surface area is 353 Å². The van der Waals surface area contributed by atoms with Crippen LogP contribution >= 0.6 is 0 Å². The zero-order valence-electron chi connectivity index (χ0n) is 34.8. The number of nitrogens with one attached hydrogen (secondary N) is 2. The van der Waals surface area contributed by atoms with Crippen molar-refractivity contribution in [1.29, 1.82) is 0 Å². The minimum atomic E-state index is -1.01. The van der Waals surface area contributed by atoms with Crippen molar-refractivity contribution in [2.24, 2.45) is 0 Å². The van der Waals surface area contributed by atoms with E-state index < -0.39 is 17.6 Å². The minimum absolute atomic E-state index is 0.0765. The van der Waals surface area contributed by atoms with Gasteiger partial charge in [-0.25, -0.2) is 14.3 Å². The summed E-state index contributed by atoms with van der Waals surface area (Å²) in [6.45, 7) is 6.60. The Balaban J connectivity index is 1.36. The van der Waals surface area contributed by atoms with E-state index in [4.69, 9.17) is 15.0 Å². The maximum Gasteiger partial charge on any atom is 0.330 e. The highest BCUT2D eigenvalue weighted by Crippen LogP contribution is 2.43. The molecule has 11 heteroatoms. The molecule has 1 aromatic heterocycles. The van der Waals surface area contributed by atoms with E-state index in [-0.39, 0.29) is 38.1 Å². The number of hydrogen-bond donors (Lipinski definition) is 2. The molecule has 0 spiro atoms. The number of benzene rings is 5. The first-order valence-corrected chi connectivity index (χ1v) is 21.0. The van der Waals surface area contributed by atoms with Crippen LogP contribution < -0.4 is 10.6 Å². The molecular formula is C49H55N7O4. The fraction of sp³-hybridized carbons (Fsp3) is 0.306. The number of urea groups is 1. The lowest BCUT2D eigenvalue weighted by molar-refractivity contribution is -0.155. The topological polar surface area (TPSA) is 131 Å². The van der Waals surface area contributed by atoms with Crippen molar-refractivity contribution in [3.05, 3.63) is 162 Å². The van der Waals surface area contributed by atoms with E-state index in [9.17, 15) is 14.4 Å². The summed E-state index contributed by atoms with van der Waals surface area (Å²) in [6, 6.07) is 45.5. The highest BCUT2D eigenvalue weighted by Gasteiger charge is 2.42. The number of tetrazole rings is 1. The molecule has 2 N–H and O–H groups in total. The zero-order valence-corrected chi connectivity index (χ0v) is 34.8. The highest BCUT2D eigenvalue weighted by molar-refractivity contribution is 5.86. The maximum absolute atomic E-state index is 13.8. The molecule has 0 fully saturated rings. The molecule has 6 aromatic rings. The summed E-state index contributed by atoms with van der Waals surface area (Å²) in [6.07, 6.45) is 4.67. The lowest BCUT2D eigenvalue weighted by Crippen LogP contribution is -2.52. The number of amides is 3. The molecule has 0 saturated carbocycles. The van der Waals surface area contributed by atoms with Crippen molar-refractivity contribution in [2.45, 2.75) is 77.4 Å². The molecule has 1 heterocycles. The second-order valence-electron chi connectivity index (χ2n) is 14.7. The summed E-state index contributed by atoms with van der Waals surface area (Å²) < 4.78 is 7.37. The van der Waals surface area contributed by atoms with Crippen LogP contribution in [0.5, 0.6) is 0 Å². The van der Waals surface area contributed by atoms with Gasteiger partial charge in [-0.05, 0) is 63.6 Å². The number of rotatable bonds is 20. The summed E-state index contributed by atoms with van der Waals surface area (Å²) in [4.78, 5) is 41.5. The van der Waals surface area contributed by atoms with Crippen LogP contribution in [0.15, 0.2) is 140 Å². The van der Waals surface area contributed by atoms with Gasteiger partial charge in [-0.15, -0.1) is 5.10 Å². The lowest BCUT2D eigenvalue weighted by atomic mass is 9.77. The Kier molecular flexibility index (Phi) is 15.3. The van der Waals surface area contributed by atoms with Crippen molar-refractivity contribution in [3.8, 4) is 22.5 Å². The lowest BCUT2D eigenvalue weighted by Gasteiger charge is -2.36. The van der Waals surface area contributed by atoms with Gasteiger partial charge in [0.25, 0.3) is 0 Å². The van der Waals surface area contributed by atoms with Crippen molar-refractivity contribution >= 4 is 17.9 Å². The maximum atomic E-state index is 13.8. The third-order valence-corrected chi connectivity index (χ3v) is 10.7. The van der Waals surface area contributed by atoms with Gasteiger partial charge in [0.1, 0.15) is 11.6 Å². The summed E-state index contributed by atoms with van der Waals surface area (Å²) in [5, 5.41) is 19.4. The first-order valence-electron chi connectivity index (χ1n) is 21.0. The van der Waals surface area contributed by atoms with Crippen molar-refractivity contribution in [2.75, 3.05) is 19.7 Å². The second-order valence-corrected chi connectivity index (χ2v) is 14.7. The van der Waals surface area contributed by atoms with Gasteiger partial charge in [-0.3, -0.25) is 4.79 Å². The number of aromatic nitrogens is 4. The molecule has 0 aliphatic rings. The Morgan fingerprint density at radius 3 is 1.82 bits per heavy atom. The van der Waals surface area contributed by atoms with Gasteiger partial charge in [0, 0.05) is 25.1 Å². The number of unbranched alkanes of at least 4 members (excludes halogenated alkanes) is 3. The molecule has 0 radical (unpaired) electrons. The van der Waals surface area contributed by atoms with E-state index in [0.29, 0.717) is 18.8 Å². The average molecular weight is 806 g/mol. The van der Waals surface area contributed by atoms with Crippen LogP contribution in [0, 0.1) is 0 Å². The van der Waals surface area contributed by atoms with Crippen molar-refractivity contribution < 1.29 is 19.1 Å². The fourth-order valence-corrected chi connectivity index (χ4v) is 7.63. The summed E-state index contributed by atoms with van der Waals surface area (Å²) in [5.74, 6) is -0.160. The van der Waals surface area contributed by atoms with Crippen LogP contribution in [-0.4, -0.2) is 68.8 Å². The van der Waals surface area contributed by atoms with E-state index in [1.807, 2.05) is 109 Å². The van der Waals surface area contributed by atoms with Crippen LogP contribution in [0.1, 0.15) is 81.5 Å². The third-order valence-electron chi connectivity index (χ3n) is 10.7. The van der Waals surface area contributed by atoms with Crippen LogP contribution in [0.3, 0.4) is 0 Å². The molecule has 1 unspecified atom stereocenters. The predicted molar refractivity (Wildman–Crippen MR) is 235 cm³/mol. The molecule has 5 aromatic carbocycles. The first-order chi connectivity index (χ1) is 29.4. The molecule has 0 saturated heterocycles. The highest BCUT2D eigenvalue weighted by atomic mass is 16.5. The Bertz CT molecular complexity index is 2170. The number of carbonyl (C=O) groups is 3. The van der Waals surface area contributed by atoms with Gasteiger partial charge in [0.2, 0.25) is 5.91 Å². The SMILES string of the molecule is CCCCCNC(=O)NCC(C(=O)OCC)N(Cc1ccc(-c2ccccc2-c2nnnn2C(c2ccccc2)(c2ccccc2)c2ccccc2)cc1)C(=O)CCCC. The molecule has 60 heavy (non-hydrogen) atoms. The molecular weight excluding hydrogens is 751 g/mol. The Morgan fingerprint density at radius 1 is 0.683 bits per heavy atom. The standard InChI is InChI=1S/C49H55N7O4/c1-4-7-20-34-50-48(59)51-35-44(47(58)60-6-3)55(45(57)29-8-5-2)36-37-30-32-38(33-31-37)42-27-18-19-28-43(42)46-52-53-54-56(46)49(39-21-12-9-13-22-39,40-23-14-10-15-24-40)41-25-16-11-17-26-41/h9-19,21-28,30-33,44H,4-8,20,29,34-36H2,1-3H3,(H2,50,51,59). The summed E-state index contributed by atoms with van der Waals surface area (Å²) >= 11 is 0. The molecule has 3 amide bonds. The molecule has 1 atom stereocenters. The van der Waals surface area contributed by atoms with Gasteiger partial charge in [-0.2, -0.15) is 0 Å². The number of hydrogen-bond acceptors (Lipinski definition) is 7. The van der Waals surface area contributed by atoms with Gasteiger partial charge in [-0.1, -0.05) is 173 Å². The Morgan fingerprint density at radius 2 is 1.25 bits per heavy atom. The quantitative estimate of drug-likeness (QED) is 0.0448. The largest absolute Gasteiger partial charge is 0.464 e. The molecule has 310 valence electrons. The summed E-state index contributed by atoms with van der Waals surface area (Å²) in [5.41, 5.74) is 5.56. The first kappa shape index (κ1) is 43.0. The number of nitrogens with zero attached hydrogens (tertiary/aromatic N) is 5. The van der Waals surface area contributed by atoms with Gasteiger partial charge in [0.05, 0.1) is 13.2 Å². The van der Waals surface area contributed by atoms with Crippen molar-refractivity contribution in [1.82, 2.24) is 35.7 Å². The van der Waals surface area contributed by atoms with E-state index in [2.05, 4.69) is 65.2 Å². The monoisotopic (exact) mass is 805 g/mol. The van der Waals surface area contributed by atoms with Crippen LogP contribution in [0.2, 0.25) is 0 Å². The zero-order chi connectivity index (χ0) is 42.2. The third kappa shape index (κ3) is 9.97. The van der Waals surface area contributed by atoms with Gasteiger partial charge in [0.15, 0.2) is 5.82 Å². The van der Waals surface area contributed by atoms with E-state index in [1.54, 1.807) is 11.8 Å². The smallest absolute Gasteiger partial charge is 0.330 e. The number of ether oxygens (including phenoxy) is 1. The van der Waals surface area contributed by atoms with Crippen LogP contribution in [0.25, 0.3) is 22.5 Å². The van der Waals surface area contributed by atoms with Crippen molar-refractivity contribution in [3.63, 3.8) is 0 Å². The normalized spacial score (nSPS) is 11.7. The van der Waals surface area contributed by atoms with Crippen LogP contribution in [0.4, 0.5) is 4.79 Å².